The summed E-state index contributed by atoms with van der Waals surface area (Å²) in [6.45, 7) is 8.33. The molecule has 4 aliphatic carbocycles. The molecule has 3 heteroatoms. The molecule has 1 N–H and O–H groups in total. The highest BCUT2D eigenvalue weighted by atomic mass is 16.5. The van der Waals surface area contributed by atoms with E-state index in [-0.39, 0.29) is 0 Å². The molecule has 9 atom stereocenters. The standard InChI is InChI=1S/C31H45NO2/c1-4-34-20-31(33)16-14-25-23(18-31)9-10-27-26(25)13-15-30(3)28(11-12-29(27)30)21(2)17-22-7-5-6-8-24(22)19-32/h5-8,21,23,25-29,33H,4,9-18,20H2,1-3H3/t21-,23+,25-,26+,27+,28+,29-,30+,31+/m0/s1. The molecule has 0 aromatic heterocycles. The highest BCUT2D eigenvalue weighted by Gasteiger charge is 2.58. The van der Waals surface area contributed by atoms with E-state index in [0.29, 0.717) is 30.5 Å². The molecule has 4 aliphatic rings. The second kappa shape index (κ2) is 9.59. The number of ether oxygens (including phenoxy) is 1. The van der Waals surface area contributed by atoms with Crippen molar-refractivity contribution in [2.45, 2.75) is 90.6 Å². The van der Waals surface area contributed by atoms with Gasteiger partial charge in [0.1, 0.15) is 0 Å². The molecular formula is C31H45NO2. The fourth-order valence-electron chi connectivity index (χ4n) is 9.66. The zero-order valence-corrected chi connectivity index (χ0v) is 21.6. The van der Waals surface area contributed by atoms with E-state index < -0.39 is 5.60 Å². The SMILES string of the molecule is CCOC[C@@]1(O)CC[C@H]2[C@H](CC[C@@H]3[C@@H]2CC[C@]2(C)[C@@H]([C@@H](C)Cc4ccccc4C#N)CC[C@@H]32)C1. The van der Waals surface area contributed by atoms with Crippen LogP contribution in [0.25, 0.3) is 0 Å². The van der Waals surface area contributed by atoms with Gasteiger partial charge in [0.15, 0.2) is 0 Å². The summed E-state index contributed by atoms with van der Waals surface area (Å²) in [5.74, 6) is 5.55. The van der Waals surface area contributed by atoms with Gasteiger partial charge in [0, 0.05) is 6.61 Å². The maximum absolute atomic E-state index is 11.1. The van der Waals surface area contributed by atoms with Crippen LogP contribution < -0.4 is 0 Å². The van der Waals surface area contributed by atoms with Crippen LogP contribution >= 0.6 is 0 Å². The van der Waals surface area contributed by atoms with Gasteiger partial charge in [-0.15, -0.1) is 0 Å². The van der Waals surface area contributed by atoms with E-state index in [9.17, 15) is 10.4 Å². The van der Waals surface area contributed by atoms with Crippen molar-refractivity contribution >= 4 is 0 Å². The molecule has 3 nitrogen and oxygen atoms in total. The Morgan fingerprint density at radius 1 is 1.06 bits per heavy atom. The van der Waals surface area contributed by atoms with Gasteiger partial charge in [-0.2, -0.15) is 5.26 Å². The monoisotopic (exact) mass is 463 g/mol. The molecule has 0 amide bonds. The summed E-state index contributed by atoms with van der Waals surface area (Å²) < 4.78 is 5.66. The number of fused-ring (bicyclic) bond motifs is 5. The topological polar surface area (TPSA) is 53.2 Å². The molecule has 4 saturated carbocycles. The van der Waals surface area contributed by atoms with Gasteiger partial charge in [-0.05, 0) is 130 Å². The Hall–Kier alpha value is -1.37. The number of rotatable bonds is 6. The second-order valence-corrected chi connectivity index (χ2v) is 12.7. The predicted octanol–water partition coefficient (Wildman–Crippen LogP) is 6.77. The van der Waals surface area contributed by atoms with Crippen molar-refractivity contribution in [3.05, 3.63) is 35.4 Å². The van der Waals surface area contributed by atoms with Crippen molar-refractivity contribution in [2.24, 2.45) is 46.8 Å². The maximum atomic E-state index is 11.1. The van der Waals surface area contributed by atoms with Crippen LogP contribution in [0.1, 0.15) is 89.7 Å². The summed E-state index contributed by atoms with van der Waals surface area (Å²) in [5.41, 5.74) is 1.97. The Morgan fingerprint density at radius 3 is 2.65 bits per heavy atom. The molecule has 0 saturated heterocycles. The fourth-order valence-corrected chi connectivity index (χ4v) is 9.66. The zero-order valence-electron chi connectivity index (χ0n) is 21.6. The van der Waals surface area contributed by atoms with E-state index in [2.05, 4.69) is 32.0 Å². The quantitative estimate of drug-likeness (QED) is 0.506. The Morgan fingerprint density at radius 2 is 1.85 bits per heavy atom. The van der Waals surface area contributed by atoms with Gasteiger partial charge >= 0.3 is 0 Å². The van der Waals surface area contributed by atoms with Crippen LogP contribution in [0, 0.1) is 58.2 Å². The number of hydrogen-bond donors (Lipinski definition) is 1. The van der Waals surface area contributed by atoms with Crippen molar-refractivity contribution in [3.63, 3.8) is 0 Å². The lowest BCUT2D eigenvalue weighted by atomic mass is 9.48. The third-order valence-corrected chi connectivity index (χ3v) is 11.1. The number of hydrogen-bond acceptors (Lipinski definition) is 3. The normalized spacial score (nSPS) is 42.2. The predicted molar refractivity (Wildman–Crippen MR) is 136 cm³/mol. The molecule has 0 spiro atoms. The molecule has 0 aliphatic heterocycles. The van der Waals surface area contributed by atoms with Crippen LogP contribution in [-0.4, -0.2) is 23.9 Å². The molecule has 1 aromatic rings. The van der Waals surface area contributed by atoms with E-state index in [0.717, 1.165) is 54.4 Å². The first-order valence-corrected chi connectivity index (χ1v) is 14.2. The molecular weight excluding hydrogens is 418 g/mol. The summed E-state index contributed by atoms with van der Waals surface area (Å²) in [7, 11) is 0. The lowest BCUT2D eigenvalue weighted by Crippen LogP contribution is -2.52. The Balaban J connectivity index is 1.27. The first kappa shape index (κ1) is 24.3. The van der Waals surface area contributed by atoms with Gasteiger partial charge in [0.05, 0.1) is 23.8 Å². The maximum Gasteiger partial charge on any atom is 0.0994 e. The first-order chi connectivity index (χ1) is 16.4. The van der Waals surface area contributed by atoms with Crippen molar-refractivity contribution in [1.82, 2.24) is 0 Å². The molecule has 0 heterocycles. The smallest absolute Gasteiger partial charge is 0.0994 e. The van der Waals surface area contributed by atoms with Gasteiger partial charge in [0.2, 0.25) is 0 Å². The van der Waals surface area contributed by atoms with Gasteiger partial charge in [-0.1, -0.05) is 32.0 Å². The molecule has 4 fully saturated rings. The molecule has 0 unspecified atom stereocenters. The molecule has 0 radical (unpaired) electrons. The van der Waals surface area contributed by atoms with E-state index in [1.54, 1.807) is 0 Å². The summed E-state index contributed by atoms with van der Waals surface area (Å²) >= 11 is 0. The van der Waals surface area contributed by atoms with Crippen LogP contribution in [-0.2, 0) is 11.2 Å². The van der Waals surface area contributed by atoms with E-state index >= 15 is 0 Å². The fraction of sp³-hybridized carbons (Fsp3) is 0.774. The number of aliphatic hydroxyl groups is 1. The van der Waals surface area contributed by atoms with Crippen LogP contribution in [0.15, 0.2) is 24.3 Å². The van der Waals surface area contributed by atoms with Crippen LogP contribution in [0.4, 0.5) is 0 Å². The van der Waals surface area contributed by atoms with Crippen LogP contribution in [0.5, 0.6) is 0 Å². The number of nitriles is 1. The zero-order chi connectivity index (χ0) is 23.9. The van der Waals surface area contributed by atoms with Crippen LogP contribution in [0.3, 0.4) is 0 Å². The van der Waals surface area contributed by atoms with Crippen molar-refractivity contribution in [2.75, 3.05) is 13.2 Å². The molecule has 186 valence electrons. The summed E-state index contributed by atoms with van der Waals surface area (Å²) in [6.07, 6.45) is 12.3. The molecule has 0 bridgehead atoms. The molecule has 34 heavy (non-hydrogen) atoms. The van der Waals surface area contributed by atoms with E-state index in [1.807, 2.05) is 19.1 Å². The number of benzene rings is 1. The van der Waals surface area contributed by atoms with E-state index in [4.69, 9.17) is 4.74 Å². The van der Waals surface area contributed by atoms with Crippen molar-refractivity contribution in [1.29, 1.82) is 5.26 Å². The van der Waals surface area contributed by atoms with Crippen LogP contribution in [0.2, 0.25) is 0 Å². The lowest BCUT2D eigenvalue weighted by molar-refractivity contribution is -0.129. The summed E-state index contributed by atoms with van der Waals surface area (Å²) in [4.78, 5) is 0. The van der Waals surface area contributed by atoms with Crippen molar-refractivity contribution in [3.8, 4) is 6.07 Å². The van der Waals surface area contributed by atoms with Gasteiger partial charge in [0.25, 0.3) is 0 Å². The highest BCUT2D eigenvalue weighted by molar-refractivity contribution is 5.37. The average Bonchev–Trinajstić information content (AvgIpc) is 3.20. The summed E-state index contributed by atoms with van der Waals surface area (Å²) in [5, 5.41) is 20.7. The minimum atomic E-state index is -0.583. The molecule has 5 rings (SSSR count). The van der Waals surface area contributed by atoms with Gasteiger partial charge in [-0.25, -0.2) is 0 Å². The largest absolute Gasteiger partial charge is 0.387 e. The van der Waals surface area contributed by atoms with E-state index in [1.165, 1.54) is 50.5 Å². The first-order valence-electron chi connectivity index (χ1n) is 14.2. The van der Waals surface area contributed by atoms with Gasteiger partial charge in [-0.3, -0.25) is 0 Å². The van der Waals surface area contributed by atoms with Gasteiger partial charge < -0.3 is 9.84 Å². The highest BCUT2D eigenvalue weighted by Crippen LogP contribution is 2.65. The minimum Gasteiger partial charge on any atom is -0.387 e. The number of nitrogens with zero attached hydrogens (tertiary/aromatic N) is 1. The molecule has 1 aromatic carbocycles. The average molecular weight is 464 g/mol. The Bertz CT molecular complexity index is 907. The Kier molecular flexibility index (Phi) is 6.86. The minimum absolute atomic E-state index is 0.458. The third-order valence-electron chi connectivity index (χ3n) is 11.1. The van der Waals surface area contributed by atoms with Crippen molar-refractivity contribution < 1.29 is 9.84 Å². The summed E-state index contributed by atoms with van der Waals surface area (Å²) in [6, 6.07) is 10.6. The third kappa shape index (κ3) is 4.24. The Labute approximate surface area is 207 Å². The second-order valence-electron chi connectivity index (χ2n) is 12.7. The lowest BCUT2D eigenvalue weighted by Gasteiger charge is -2.57.